The summed E-state index contributed by atoms with van der Waals surface area (Å²) in [6, 6.07) is 135. The Balaban J connectivity index is 0.000000200. The van der Waals surface area contributed by atoms with Crippen molar-refractivity contribution in [3.05, 3.63) is 447 Å². The second-order valence-corrected chi connectivity index (χ2v) is 30.6. The van der Waals surface area contributed by atoms with Gasteiger partial charge in [0.15, 0.2) is 0 Å². The monoisotopic (exact) mass is 2470 g/mol. The van der Waals surface area contributed by atoms with E-state index >= 15 is 0 Å². The van der Waals surface area contributed by atoms with Gasteiger partial charge in [-0.2, -0.15) is 0 Å². The van der Waals surface area contributed by atoms with E-state index in [2.05, 4.69) is 361 Å². The summed E-state index contributed by atoms with van der Waals surface area (Å²) in [7, 11) is 0. The molecule has 0 fully saturated rings. The van der Waals surface area contributed by atoms with Gasteiger partial charge in [0.1, 0.15) is 0 Å². The third-order valence-electron chi connectivity index (χ3n) is 19.6. The van der Waals surface area contributed by atoms with E-state index in [1.54, 1.807) is 6.20 Å². The number of aromatic nitrogens is 6. The van der Waals surface area contributed by atoms with Crippen LogP contribution in [0.5, 0.6) is 0 Å². The predicted octanol–water partition coefficient (Wildman–Crippen LogP) is 28.3. The zero-order valence-electron chi connectivity index (χ0n) is 69.7. The summed E-state index contributed by atoms with van der Waals surface area (Å²) in [5, 5.41) is 0. The molecule has 6 heterocycles. The number of rotatable bonds is 12. The summed E-state index contributed by atoms with van der Waals surface area (Å²) in [6.07, 6.45) is 11.4. The second kappa shape index (κ2) is 48.9. The van der Waals surface area contributed by atoms with Crippen molar-refractivity contribution in [2.45, 2.75) is 92.9 Å². The van der Waals surface area contributed by atoms with Gasteiger partial charge < -0.3 is 29.9 Å². The molecule has 0 N–H and O–H groups in total. The number of benzene rings is 11. The molecular formula is C110H96Ir5N6-6. The Morgan fingerprint density at radius 1 is 0.240 bits per heavy atom. The van der Waals surface area contributed by atoms with Crippen LogP contribution in [-0.4, -0.2) is 29.9 Å². The molecule has 0 spiro atoms. The van der Waals surface area contributed by atoms with Crippen molar-refractivity contribution >= 4 is 0 Å². The fraction of sp³-hybridized carbons (Fsp3) is 0.127. The van der Waals surface area contributed by atoms with Gasteiger partial charge in [0.25, 0.3) is 0 Å². The molecule has 17 rings (SSSR count). The minimum atomic E-state index is 0. The minimum absolute atomic E-state index is 0. The summed E-state index contributed by atoms with van der Waals surface area (Å²) in [5.41, 5.74) is 31.8. The molecule has 0 atom stereocenters. The van der Waals surface area contributed by atoms with Crippen molar-refractivity contribution in [2.24, 2.45) is 0 Å². The Labute approximate surface area is 785 Å². The fourth-order valence-electron chi connectivity index (χ4n) is 12.5. The van der Waals surface area contributed by atoms with Crippen LogP contribution in [0.3, 0.4) is 0 Å². The summed E-state index contributed by atoms with van der Waals surface area (Å²) in [5.74, 6) is 0.506. The zero-order chi connectivity index (χ0) is 81.1. The van der Waals surface area contributed by atoms with Crippen molar-refractivity contribution in [1.82, 2.24) is 29.9 Å². The van der Waals surface area contributed by atoms with Gasteiger partial charge in [-0.3, -0.25) is 0 Å². The smallest absolute Gasteiger partial charge is 0.0198 e. The van der Waals surface area contributed by atoms with Crippen LogP contribution in [0.4, 0.5) is 0 Å². The molecule has 0 aliphatic rings. The van der Waals surface area contributed by atoms with E-state index in [1.165, 1.54) is 89.0 Å². The molecular weight excluding hydrogens is 2370 g/mol. The molecule has 6 nitrogen and oxygen atoms in total. The molecule has 121 heavy (non-hydrogen) atoms. The predicted molar refractivity (Wildman–Crippen MR) is 484 cm³/mol. The first-order valence-corrected chi connectivity index (χ1v) is 39.4. The van der Waals surface area contributed by atoms with Gasteiger partial charge >= 0.3 is 0 Å². The molecule has 11 aromatic carbocycles. The Morgan fingerprint density at radius 3 is 0.992 bits per heavy atom. The van der Waals surface area contributed by atoms with Crippen LogP contribution in [0.25, 0.3) is 123 Å². The summed E-state index contributed by atoms with van der Waals surface area (Å²) in [4.78, 5) is 26.9. The zero-order valence-corrected chi connectivity index (χ0v) is 81.7. The molecule has 0 bridgehead atoms. The van der Waals surface area contributed by atoms with Crippen LogP contribution in [-0.2, 0) is 111 Å². The van der Waals surface area contributed by atoms with E-state index in [0.29, 0.717) is 5.92 Å². The normalized spacial score (nSPS) is 10.3. The number of hydrogen-bond donors (Lipinski definition) is 0. The van der Waals surface area contributed by atoms with Gasteiger partial charge in [-0.25, -0.2) is 0 Å². The quantitative estimate of drug-likeness (QED) is 0.113. The van der Waals surface area contributed by atoms with Crippen molar-refractivity contribution < 1.29 is 101 Å². The van der Waals surface area contributed by atoms with Crippen LogP contribution < -0.4 is 0 Å². The molecule has 0 amide bonds. The van der Waals surface area contributed by atoms with Crippen LogP contribution in [0, 0.1) is 57.2 Å². The van der Waals surface area contributed by atoms with Crippen LogP contribution in [0.15, 0.2) is 377 Å². The largest absolute Gasteiger partial charge is 0.305 e. The Bertz CT molecular complexity index is 5840. The van der Waals surface area contributed by atoms with E-state index in [9.17, 15) is 0 Å². The third kappa shape index (κ3) is 29.1. The van der Waals surface area contributed by atoms with Gasteiger partial charge in [-0.05, 0) is 139 Å². The second-order valence-electron chi connectivity index (χ2n) is 30.6. The molecule has 11 heteroatoms. The summed E-state index contributed by atoms with van der Waals surface area (Å²) < 4.78 is 0. The molecule has 0 aliphatic heterocycles. The van der Waals surface area contributed by atoms with Crippen LogP contribution >= 0.6 is 0 Å². The standard InChI is InChI=1S/2C21H20N.C20H18N.C19H16N.C18H14N.C11H8N.5Ir/c1-21(2,3)19-12-13-22-20(15-19)18-11-7-10-17(14-18)16-8-5-4-6-9-16;1-21(2,3)19-12-13-20(22-15-19)18-11-7-10-17(14-18)16-8-5-4-6-9-16;1-15(2)19-11-12-20(21-14-19)18-10-6-9-17(13-18)16-7-4-3-5-8-16;1-14-11-19(20-13-15(14)2)18-10-6-9-17(12-18)16-7-4-3-5-8-16;1-14-7-9-16(10-8-14)18-13-17(11-12-19-18)15-5-3-2-4-6-15;1-2-6-10(7-3-1)11-8-4-5-9-12-11;;;;;/h2*4-10,12-15H,1-3H3;3-9,11-15H,1-2H3;3-9,11-13H,1-2H3;2-9,11-13H,1H3;1-6,8-9H;;;;;/q6*-1;;;;;. The van der Waals surface area contributed by atoms with Gasteiger partial charge in [0.2, 0.25) is 0 Å². The number of aryl methyl sites for hydroxylation is 3. The molecule has 5 radical (unpaired) electrons. The van der Waals surface area contributed by atoms with E-state index in [1.807, 2.05) is 152 Å². The molecule has 6 aromatic heterocycles. The van der Waals surface area contributed by atoms with Crippen molar-refractivity contribution in [3.8, 4) is 123 Å². The maximum atomic E-state index is 4.62. The van der Waals surface area contributed by atoms with E-state index in [-0.39, 0.29) is 111 Å². The first kappa shape index (κ1) is 97.7. The van der Waals surface area contributed by atoms with E-state index in [4.69, 9.17) is 0 Å². The van der Waals surface area contributed by atoms with E-state index in [0.717, 1.165) is 67.5 Å². The van der Waals surface area contributed by atoms with Gasteiger partial charge in [-0.15, -0.1) is 213 Å². The average molecular weight is 2460 g/mol. The first-order chi connectivity index (χ1) is 56.3. The topological polar surface area (TPSA) is 77.3 Å². The Kier molecular flexibility index (Phi) is 39.5. The molecule has 0 saturated carbocycles. The maximum absolute atomic E-state index is 4.62. The maximum Gasteiger partial charge on any atom is 0.0198 e. The van der Waals surface area contributed by atoms with E-state index < -0.39 is 0 Å². The molecule has 0 aliphatic carbocycles. The van der Waals surface area contributed by atoms with Gasteiger partial charge in [-0.1, -0.05) is 274 Å². The number of nitrogens with zero attached hydrogens (tertiary/aromatic N) is 6. The molecule has 17 aromatic rings. The minimum Gasteiger partial charge on any atom is -0.305 e. The third-order valence-corrected chi connectivity index (χ3v) is 19.6. The molecule has 0 unspecified atom stereocenters. The van der Waals surface area contributed by atoms with Crippen molar-refractivity contribution in [3.63, 3.8) is 0 Å². The number of hydrogen-bond acceptors (Lipinski definition) is 6. The summed E-state index contributed by atoms with van der Waals surface area (Å²) >= 11 is 0. The Hall–Kier alpha value is -10.4. The van der Waals surface area contributed by atoms with Crippen molar-refractivity contribution in [1.29, 1.82) is 0 Å². The van der Waals surface area contributed by atoms with Crippen LogP contribution in [0.2, 0.25) is 0 Å². The molecule has 617 valence electrons. The molecule has 0 saturated heterocycles. The van der Waals surface area contributed by atoms with Crippen LogP contribution in [0.1, 0.15) is 94.7 Å². The Morgan fingerprint density at radius 2 is 0.612 bits per heavy atom. The summed E-state index contributed by atoms with van der Waals surface area (Å²) in [6.45, 7) is 23.9. The van der Waals surface area contributed by atoms with Crippen molar-refractivity contribution in [2.75, 3.05) is 0 Å². The van der Waals surface area contributed by atoms with Gasteiger partial charge in [0.05, 0.1) is 0 Å². The SMILES string of the molecule is CC(C)(C)c1ccc(-c2[c-]ccc(-c3ccccc3)c2)nc1.CC(C)(C)c1ccnc(-c2[c-]ccc(-c3ccccc3)c2)c1.CC(C)c1ccc(-c2[c-]ccc(-c3ccccc3)c2)nc1.Cc1c[c-]c(-c2cc(-c3ccccc3)ccn2)cc1.Cc1cnc(-c2[c-]ccc(-c3ccccc3)c2)cc1C.[Ir].[Ir].[Ir].[Ir].[Ir].[c-]1ccccc1-c1ccccn1. The average Bonchev–Trinajstić information content (AvgIpc) is 0.615. The van der Waals surface area contributed by atoms with Gasteiger partial charge in [0, 0.05) is 138 Å². The number of pyridine rings is 6. The fourth-order valence-corrected chi connectivity index (χ4v) is 12.5. The first-order valence-electron chi connectivity index (χ1n) is 39.4.